The molecule has 1 amide bonds. The second kappa shape index (κ2) is 7.66. The Labute approximate surface area is 100 Å². The molecule has 0 aromatic carbocycles. The number of amides is 1. The molecule has 1 atom stereocenters. The average Bonchev–Trinajstić information content (AvgIpc) is 2.16. The summed E-state index contributed by atoms with van der Waals surface area (Å²) in [4.78, 5) is 11.7. The molecule has 0 bridgehead atoms. The summed E-state index contributed by atoms with van der Waals surface area (Å²) in [6.45, 7) is 12.3. The summed E-state index contributed by atoms with van der Waals surface area (Å²) in [5, 5.41) is 6.07. The van der Waals surface area contributed by atoms with E-state index in [4.69, 9.17) is 0 Å². The van der Waals surface area contributed by atoms with Crippen LogP contribution in [0.5, 0.6) is 0 Å². The first kappa shape index (κ1) is 15.4. The maximum absolute atomic E-state index is 11.7. The third-order valence-electron chi connectivity index (χ3n) is 3.18. The summed E-state index contributed by atoms with van der Waals surface area (Å²) in [7, 11) is 1.87. The molecule has 1 unspecified atom stereocenters. The van der Waals surface area contributed by atoms with Gasteiger partial charge in [0.25, 0.3) is 0 Å². The molecule has 0 aliphatic heterocycles. The Bertz CT molecular complexity index is 194. The van der Waals surface area contributed by atoms with Crippen molar-refractivity contribution >= 4 is 5.91 Å². The minimum Gasteiger partial charge on any atom is -0.356 e. The fourth-order valence-corrected chi connectivity index (χ4v) is 2.03. The molecule has 0 aromatic heterocycles. The van der Waals surface area contributed by atoms with E-state index in [1.54, 1.807) is 0 Å². The third kappa shape index (κ3) is 5.50. The molecular formula is C13H28N2O. The highest BCUT2D eigenvalue weighted by atomic mass is 16.1. The topological polar surface area (TPSA) is 41.1 Å². The normalized spacial score (nSPS) is 13.6. The van der Waals surface area contributed by atoms with Crippen molar-refractivity contribution in [3.8, 4) is 0 Å². The number of carbonyl (C=O) groups excluding carboxylic acids is 1. The van der Waals surface area contributed by atoms with Crippen LogP contribution in [0.2, 0.25) is 0 Å². The second-order valence-electron chi connectivity index (χ2n) is 5.36. The van der Waals surface area contributed by atoms with Crippen LogP contribution in [0.25, 0.3) is 0 Å². The lowest BCUT2D eigenvalue weighted by Crippen LogP contribution is -2.39. The molecule has 0 fully saturated rings. The number of nitrogens with one attached hydrogen (secondary N) is 2. The molecule has 96 valence electrons. The van der Waals surface area contributed by atoms with E-state index >= 15 is 0 Å². The van der Waals surface area contributed by atoms with Gasteiger partial charge in [0.2, 0.25) is 5.91 Å². The molecule has 0 aromatic rings. The van der Waals surface area contributed by atoms with Crippen molar-refractivity contribution in [2.75, 3.05) is 20.1 Å². The van der Waals surface area contributed by atoms with Crippen molar-refractivity contribution in [2.24, 2.45) is 23.7 Å². The van der Waals surface area contributed by atoms with Crippen LogP contribution in [-0.2, 0) is 4.79 Å². The van der Waals surface area contributed by atoms with Gasteiger partial charge < -0.3 is 10.6 Å². The van der Waals surface area contributed by atoms with Crippen molar-refractivity contribution < 1.29 is 4.79 Å². The van der Waals surface area contributed by atoms with Gasteiger partial charge in [0, 0.05) is 19.0 Å². The Morgan fingerprint density at radius 1 is 1.00 bits per heavy atom. The summed E-state index contributed by atoms with van der Waals surface area (Å²) in [6, 6.07) is 0. The van der Waals surface area contributed by atoms with Crippen LogP contribution < -0.4 is 10.6 Å². The van der Waals surface area contributed by atoms with E-state index in [9.17, 15) is 4.79 Å². The van der Waals surface area contributed by atoms with Crippen LogP contribution in [0.3, 0.4) is 0 Å². The summed E-state index contributed by atoms with van der Waals surface area (Å²) >= 11 is 0. The molecule has 0 aliphatic carbocycles. The van der Waals surface area contributed by atoms with Gasteiger partial charge in [-0.3, -0.25) is 4.79 Å². The predicted molar refractivity (Wildman–Crippen MR) is 69.3 cm³/mol. The minimum absolute atomic E-state index is 0.0463. The van der Waals surface area contributed by atoms with Crippen molar-refractivity contribution in [3.05, 3.63) is 0 Å². The zero-order chi connectivity index (χ0) is 12.7. The minimum atomic E-state index is 0.0463. The Kier molecular flexibility index (Phi) is 7.39. The number of rotatable bonds is 7. The SMILES string of the molecule is CNCC(C)C(=O)NCC(C(C)C)C(C)C. The van der Waals surface area contributed by atoms with Crippen molar-refractivity contribution in [3.63, 3.8) is 0 Å². The predicted octanol–water partition coefficient (Wildman–Crippen LogP) is 1.89. The molecular weight excluding hydrogens is 200 g/mol. The number of hydrogen-bond donors (Lipinski definition) is 2. The van der Waals surface area contributed by atoms with Gasteiger partial charge in [-0.25, -0.2) is 0 Å². The van der Waals surface area contributed by atoms with E-state index in [2.05, 4.69) is 38.3 Å². The highest BCUT2D eigenvalue weighted by molar-refractivity contribution is 5.78. The molecule has 3 heteroatoms. The lowest BCUT2D eigenvalue weighted by atomic mass is 9.85. The molecule has 0 spiro atoms. The molecule has 0 heterocycles. The molecule has 0 aliphatic rings. The molecule has 3 nitrogen and oxygen atoms in total. The highest BCUT2D eigenvalue weighted by Crippen LogP contribution is 2.19. The van der Waals surface area contributed by atoms with Crippen LogP contribution in [0.15, 0.2) is 0 Å². The van der Waals surface area contributed by atoms with Gasteiger partial charge in [-0.15, -0.1) is 0 Å². The Morgan fingerprint density at radius 3 is 1.88 bits per heavy atom. The molecule has 0 saturated heterocycles. The van der Waals surface area contributed by atoms with Gasteiger partial charge in [0.1, 0.15) is 0 Å². The number of carbonyl (C=O) groups is 1. The average molecular weight is 228 g/mol. The van der Waals surface area contributed by atoms with Crippen molar-refractivity contribution in [1.82, 2.24) is 10.6 Å². The maximum atomic E-state index is 11.7. The molecule has 16 heavy (non-hydrogen) atoms. The van der Waals surface area contributed by atoms with Crippen molar-refractivity contribution in [1.29, 1.82) is 0 Å². The largest absolute Gasteiger partial charge is 0.356 e. The zero-order valence-electron chi connectivity index (χ0n) is 11.6. The van der Waals surface area contributed by atoms with E-state index < -0.39 is 0 Å². The van der Waals surface area contributed by atoms with Gasteiger partial charge in [0.15, 0.2) is 0 Å². The van der Waals surface area contributed by atoms with E-state index in [-0.39, 0.29) is 11.8 Å². The summed E-state index contributed by atoms with van der Waals surface area (Å²) in [5.41, 5.74) is 0. The van der Waals surface area contributed by atoms with E-state index in [1.807, 2.05) is 14.0 Å². The highest BCUT2D eigenvalue weighted by Gasteiger charge is 2.19. The van der Waals surface area contributed by atoms with Crippen LogP contribution in [0, 0.1) is 23.7 Å². The third-order valence-corrected chi connectivity index (χ3v) is 3.18. The first-order valence-electron chi connectivity index (χ1n) is 6.32. The fraction of sp³-hybridized carbons (Fsp3) is 0.923. The first-order chi connectivity index (χ1) is 7.40. The fourth-order valence-electron chi connectivity index (χ4n) is 2.03. The Morgan fingerprint density at radius 2 is 1.50 bits per heavy atom. The molecule has 2 N–H and O–H groups in total. The van der Waals surface area contributed by atoms with Crippen LogP contribution >= 0.6 is 0 Å². The monoisotopic (exact) mass is 228 g/mol. The second-order valence-corrected chi connectivity index (χ2v) is 5.36. The van der Waals surface area contributed by atoms with Crippen LogP contribution in [-0.4, -0.2) is 26.0 Å². The first-order valence-corrected chi connectivity index (χ1v) is 6.32. The van der Waals surface area contributed by atoms with Crippen molar-refractivity contribution in [2.45, 2.75) is 34.6 Å². The Hall–Kier alpha value is -0.570. The zero-order valence-corrected chi connectivity index (χ0v) is 11.6. The summed E-state index contributed by atoms with van der Waals surface area (Å²) in [6.07, 6.45) is 0. The lowest BCUT2D eigenvalue weighted by Gasteiger charge is -2.25. The van der Waals surface area contributed by atoms with E-state index in [0.29, 0.717) is 17.8 Å². The van der Waals surface area contributed by atoms with E-state index in [0.717, 1.165) is 13.1 Å². The summed E-state index contributed by atoms with van der Waals surface area (Å²) in [5.74, 6) is 1.98. The summed E-state index contributed by atoms with van der Waals surface area (Å²) < 4.78 is 0. The van der Waals surface area contributed by atoms with Gasteiger partial charge >= 0.3 is 0 Å². The van der Waals surface area contributed by atoms with Gasteiger partial charge in [-0.1, -0.05) is 34.6 Å². The van der Waals surface area contributed by atoms with Gasteiger partial charge in [0.05, 0.1) is 0 Å². The number of hydrogen-bond acceptors (Lipinski definition) is 2. The maximum Gasteiger partial charge on any atom is 0.224 e. The van der Waals surface area contributed by atoms with Gasteiger partial charge in [-0.05, 0) is 24.8 Å². The van der Waals surface area contributed by atoms with E-state index in [1.165, 1.54) is 0 Å². The standard InChI is InChI=1S/C13H28N2O/c1-9(2)12(10(3)4)8-15-13(16)11(5)7-14-6/h9-12,14H,7-8H2,1-6H3,(H,15,16). The smallest absolute Gasteiger partial charge is 0.224 e. The Balaban J connectivity index is 4.06. The molecule has 0 radical (unpaired) electrons. The quantitative estimate of drug-likeness (QED) is 0.698. The lowest BCUT2D eigenvalue weighted by molar-refractivity contribution is -0.124. The van der Waals surface area contributed by atoms with Gasteiger partial charge in [-0.2, -0.15) is 0 Å². The van der Waals surface area contributed by atoms with Crippen LogP contribution in [0.1, 0.15) is 34.6 Å². The molecule has 0 saturated carbocycles. The molecule has 0 rings (SSSR count). The van der Waals surface area contributed by atoms with Crippen LogP contribution in [0.4, 0.5) is 0 Å².